The second kappa shape index (κ2) is 6.84. The lowest BCUT2D eigenvalue weighted by Crippen LogP contribution is -2.31. The monoisotopic (exact) mass is 293 g/mol. The van der Waals surface area contributed by atoms with Crippen molar-refractivity contribution >= 4 is 23.6 Å². The van der Waals surface area contributed by atoms with Gasteiger partial charge in [-0.25, -0.2) is 4.79 Å². The number of carbonyl (C=O) groups is 1. The fourth-order valence-corrected chi connectivity index (χ4v) is 2.33. The minimum Gasteiger partial charge on any atom is -0.444 e. The lowest BCUT2D eigenvalue weighted by molar-refractivity contribution is 0.0558. The minimum absolute atomic E-state index is 0.431. The molecule has 0 saturated carbocycles. The molecule has 0 heterocycles. The molecule has 1 N–H and O–H groups in total. The summed E-state index contributed by atoms with van der Waals surface area (Å²) in [7, 11) is 0. The summed E-state index contributed by atoms with van der Waals surface area (Å²) in [6.45, 7) is 9.49. The summed E-state index contributed by atoms with van der Waals surface area (Å²) in [6, 6.07) is 6.20. The van der Waals surface area contributed by atoms with Crippen LogP contribution in [0.1, 0.15) is 38.8 Å². The van der Waals surface area contributed by atoms with E-state index in [0.717, 1.165) is 21.7 Å². The first-order valence-electron chi connectivity index (χ1n) is 6.58. The molecule has 0 atom stereocenters. The van der Waals surface area contributed by atoms with Gasteiger partial charge in [-0.15, -0.1) is 11.8 Å². The number of thioether (sulfide) groups is 1. The molecule has 0 unspecified atom stereocenters. The standard InChI is InChI=1S/C16H23NO2S/c1-7-13(17-15(18)19-16(3,4)5)12-10-11(2)8-9-14(12)20-6/h7-10H,1-6H3,(H,17,18)/b13-7+. The Balaban J connectivity index is 2.98. The molecule has 1 aromatic rings. The number of ether oxygens (including phenoxy) is 1. The summed E-state index contributed by atoms with van der Waals surface area (Å²) in [5.41, 5.74) is 2.44. The zero-order valence-electron chi connectivity index (χ0n) is 13.0. The van der Waals surface area contributed by atoms with Crippen molar-refractivity contribution in [3.63, 3.8) is 0 Å². The highest BCUT2D eigenvalue weighted by atomic mass is 32.2. The van der Waals surface area contributed by atoms with Gasteiger partial charge in [-0.05, 0) is 53.0 Å². The van der Waals surface area contributed by atoms with Crippen LogP contribution in [0.4, 0.5) is 4.79 Å². The van der Waals surface area contributed by atoms with Gasteiger partial charge in [0.15, 0.2) is 0 Å². The first-order valence-corrected chi connectivity index (χ1v) is 7.80. The maximum absolute atomic E-state index is 11.9. The Kier molecular flexibility index (Phi) is 5.69. The Hall–Kier alpha value is -1.42. The molecular weight excluding hydrogens is 270 g/mol. The molecule has 1 aromatic carbocycles. The van der Waals surface area contributed by atoms with Crippen LogP contribution >= 0.6 is 11.8 Å². The van der Waals surface area contributed by atoms with Crippen molar-refractivity contribution in [3.05, 3.63) is 35.4 Å². The summed E-state index contributed by atoms with van der Waals surface area (Å²) in [5.74, 6) is 0. The number of hydrogen-bond donors (Lipinski definition) is 1. The van der Waals surface area contributed by atoms with Crippen LogP contribution in [0.5, 0.6) is 0 Å². The Morgan fingerprint density at radius 3 is 2.50 bits per heavy atom. The molecule has 3 nitrogen and oxygen atoms in total. The van der Waals surface area contributed by atoms with E-state index in [9.17, 15) is 4.79 Å². The van der Waals surface area contributed by atoms with Gasteiger partial charge in [0.2, 0.25) is 0 Å². The van der Waals surface area contributed by atoms with Crippen LogP contribution in [0.2, 0.25) is 0 Å². The molecule has 110 valence electrons. The van der Waals surface area contributed by atoms with E-state index < -0.39 is 11.7 Å². The molecule has 0 aliphatic carbocycles. The number of amides is 1. The Bertz CT molecular complexity index is 516. The van der Waals surface area contributed by atoms with Gasteiger partial charge in [0.1, 0.15) is 5.60 Å². The lowest BCUT2D eigenvalue weighted by atomic mass is 10.1. The van der Waals surface area contributed by atoms with Gasteiger partial charge in [-0.3, -0.25) is 5.32 Å². The van der Waals surface area contributed by atoms with Gasteiger partial charge in [-0.2, -0.15) is 0 Å². The number of hydrogen-bond acceptors (Lipinski definition) is 3. The summed E-state index contributed by atoms with van der Waals surface area (Å²) in [5, 5.41) is 2.83. The highest BCUT2D eigenvalue weighted by Crippen LogP contribution is 2.26. The number of benzene rings is 1. The third-order valence-electron chi connectivity index (χ3n) is 2.57. The van der Waals surface area contributed by atoms with Crippen molar-refractivity contribution in [3.8, 4) is 0 Å². The molecule has 0 aromatic heterocycles. The number of aryl methyl sites for hydroxylation is 1. The Morgan fingerprint density at radius 1 is 1.35 bits per heavy atom. The van der Waals surface area contributed by atoms with Crippen molar-refractivity contribution in [1.82, 2.24) is 5.32 Å². The van der Waals surface area contributed by atoms with E-state index in [2.05, 4.69) is 23.5 Å². The van der Waals surface area contributed by atoms with Crippen LogP contribution < -0.4 is 5.32 Å². The average Bonchev–Trinajstić information content (AvgIpc) is 2.33. The molecule has 0 spiro atoms. The summed E-state index contributed by atoms with van der Waals surface area (Å²) in [4.78, 5) is 13.0. The molecule has 0 aliphatic heterocycles. The predicted octanol–water partition coefficient (Wildman–Crippen LogP) is 4.60. The van der Waals surface area contributed by atoms with E-state index in [1.165, 1.54) is 0 Å². The van der Waals surface area contributed by atoms with Gasteiger partial charge in [0.25, 0.3) is 0 Å². The van der Waals surface area contributed by atoms with Crippen molar-refractivity contribution in [2.24, 2.45) is 0 Å². The maximum atomic E-state index is 11.9. The number of nitrogens with one attached hydrogen (secondary N) is 1. The zero-order chi connectivity index (χ0) is 15.3. The Labute approximate surface area is 125 Å². The first-order chi connectivity index (χ1) is 9.26. The average molecular weight is 293 g/mol. The van der Waals surface area contributed by atoms with E-state index in [0.29, 0.717) is 0 Å². The van der Waals surface area contributed by atoms with Crippen LogP contribution in [0, 0.1) is 6.92 Å². The fraction of sp³-hybridized carbons (Fsp3) is 0.438. The van der Waals surface area contributed by atoms with Crippen molar-refractivity contribution in [1.29, 1.82) is 0 Å². The smallest absolute Gasteiger partial charge is 0.412 e. The minimum atomic E-state index is -0.502. The molecule has 0 fully saturated rings. The molecular formula is C16H23NO2S. The molecule has 4 heteroatoms. The van der Waals surface area contributed by atoms with Gasteiger partial charge in [-0.1, -0.05) is 17.7 Å². The summed E-state index contributed by atoms with van der Waals surface area (Å²) in [6.07, 6.45) is 3.48. The van der Waals surface area contributed by atoms with E-state index >= 15 is 0 Å². The SMILES string of the molecule is C/C=C(/NC(=O)OC(C)(C)C)c1cc(C)ccc1SC. The highest BCUT2D eigenvalue weighted by molar-refractivity contribution is 7.98. The predicted molar refractivity (Wildman–Crippen MR) is 86.0 cm³/mol. The topological polar surface area (TPSA) is 38.3 Å². The molecule has 0 bridgehead atoms. The molecule has 1 amide bonds. The Morgan fingerprint density at radius 2 is 2.00 bits per heavy atom. The van der Waals surface area contributed by atoms with Crippen LogP contribution in [-0.2, 0) is 4.74 Å². The second-order valence-corrected chi connectivity index (χ2v) is 6.38. The molecule has 0 radical (unpaired) electrons. The fourth-order valence-electron chi connectivity index (χ4n) is 1.74. The number of rotatable bonds is 3. The van der Waals surface area contributed by atoms with E-state index in [1.807, 2.05) is 47.0 Å². The van der Waals surface area contributed by atoms with Gasteiger partial charge >= 0.3 is 6.09 Å². The molecule has 20 heavy (non-hydrogen) atoms. The van der Waals surface area contributed by atoms with Crippen LogP contribution in [0.15, 0.2) is 29.2 Å². The molecule has 0 aliphatic rings. The third kappa shape index (κ3) is 4.93. The van der Waals surface area contributed by atoms with E-state index in [1.54, 1.807) is 11.8 Å². The lowest BCUT2D eigenvalue weighted by Gasteiger charge is -2.21. The number of carbonyl (C=O) groups excluding carboxylic acids is 1. The molecule has 0 saturated heterocycles. The normalized spacial score (nSPS) is 12.2. The number of allylic oxidation sites excluding steroid dienone is 1. The van der Waals surface area contributed by atoms with Gasteiger partial charge in [0.05, 0.1) is 0 Å². The number of alkyl carbamates (subject to hydrolysis) is 1. The summed E-state index contributed by atoms with van der Waals surface area (Å²) >= 11 is 1.66. The third-order valence-corrected chi connectivity index (χ3v) is 3.37. The van der Waals surface area contributed by atoms with Gasteiger partial charge < -0.3 is 4.74 Å². The van der Waals surface area contributed by atoms with Crippen LogP contribution in [0.3, 0.4) is 0 Å². The van der Waals surface area contributed by atoms with Crippen molar-refractivity contribution in [2.45, 2.75) is 45.1 Å². The zero-order valence-corrected chi connectivity index (χ0v) is 13.9. The second-order valence-electron chi connectivity index (χ2n) is 5.53. The van der Waals surface area contributed by atoms with Crippen LogP contribution in [0.25, 0.3) is 5.70 Å². The highest BCUT2D eigenvalue weighted by Gasteiger charge is 2.18. The van der Waals surface area contributed by atoms with Crippen molar-refractivity contribution in [2.75, 3.05) is 6.26 Å². The quantitative estimate of drug-likeness (QED) is 0.828. The van der Waals surface area contributed by atoms with E-state index in [4.69, 9.17) is 4.74 Å². The molecule has 1 rings (SSSR count). The van der Waals surface area contributed by atoms with Gasteiger partial charge in [0, 0.05) is 16.2 Å². The van der Waals surface area contributed by atoms with E-state index in [-0.39, 0.29) is 0 Å². The largest absolute Gasteiger partial charge is 0.444 e. The van der Waals surface area contributed by atoms with Crippen LogP contribution in [-0.4, -0.2) is 18.0 Å². The summed E-state index contributed by atoms with van der Waals surface area (Å²) < 4.78 is 5.30. The first kappa shape index (κ1) is 16.6. The van der Waals surface area contributed by atoms with Crippen molar-refractivity contribution < 1.29 is 9.53 Å². The maximum Gasteiger partial charge on any atom is 0.412 e.